The number of H-pyrrole nitrogens is 1. The number of halogens is 1. The Hall–Kier alpha value is -3.34. The summed E-state index contributed by atoms with van der Waals surface area (Å²) in [6.07, 6.45) is 2.19. The van der Waals surface area contributed by atoms with Gasteiger partial charge in [0.25, 0.3) is 5.56 Å². The summed E-state index contributed by atoms with van der Waals surface area (Å²) in [5.41, 5.74) is 1.97. The molecular formula is C24H23ClN4O5S. The Morgan fingerprint density at radius 1 is 1.37 bits per heavy atom. The zero-order chi connectivity index (χ0) is 24.7. The maximum Gasteiger partial charge on any atom is 0.264 e. The first-order chi connectivity index (χ1) is 16.9. The van der Waals surface area contributed by atoms with Gasteiger partial charge in [0, 0.05) is 18.3 Å². The van der Waals surface area contributed by atoms with Crippen LogP contribution in [0.4, 0.5) is 0 Å². The van der Waals surface area contributed by atoms with Crippen molar-refractivity contribution < 1.29 is 19.3 Å². The molecule has 0 saturated carbocycles. The van der Waals surface area contributed by atoms with Crippen molar-refractivity contribution in [2.24, 2.45) is 4.99 Å². The molecule has 0 radical (unpaired) electrons. The van der Waals surface area contributed by atoms with Crippen LogP contribution in [0.15, 0.2) is 40.1 Å². The number of rotatable bonds is 5. The lowest BCUT2D eigenvalue weighted by atomic mass is 9.91. The van der Waals surface area contributed by atoms with Crippen molar-refractivity contribution in [1.29, 1.82) is 0 Å². The molecule has 2 aliphatic rings. The molecule has 35 heavy (non-hydrogen) atoms. The summed E-state index contributed by atoms with van der Waals surface area (Å²) in [6, 6.07) is 8.76. The van der Waals surface area contributed by atoms with Crippen molar-refractivity contribution in [2.45, 2.75) is 12.5 Å². The van der Waals surface area contributed by atoms with Crippen molar-refractivity contribution in [2.75, 3.05) is 34.0 Å². The second-order valence-corrected chi connectivity index (χ2v) is 9.03. The molecule has 0 spiro atoms. The third-order valence-corrected chi connectivity index (χ3v) is 6.86. The molecule has 182 valence electrons. The number of benzene rings is 2. The van der Waals surface area contributed by atoms with Gasteiger partial charge >= 0.3 is 0 Å². The van der Waals surface area contributed by atoms with E-state index in [0.29, 0.717) is 34.5 Å². The van der Waals surface area contributed by atoms with E-state index in [1.54, 1.807) is 31.4 Å². The Labute approximate surface area is 211 Å². The van der Waals surface area contributed by atoms with E-state index in [4.69, 9.17) is 38.0 Å². The Bertz CT molecular complexity index is 1450. The van der Waals surface area contributed by atoms with Gasteiger partial charge in [-0.2, -0.15) is 0 Å². The monoisotopic (exact) mass is 514 g/mol. The van der Waals surface area contributed by atoms with Crippen LogP contribution in [-0.2, 0) is 6.42 Å². The maximum absolute atomic E-state index is 12.6. The van der Waals surface area contributed by atoms with Crippen LogP contribution in [0.25, 0.3) is 5.69 Å². The molecule has 0 aliphatic carbocycles. The molecule has 0 fully saturated rings. The molecule has 1 aromatic heterocycles. The van der Waals surface area contributed by atoms with Gasteiger partial charge in [-0.15, -0.1) is 0 Å². The van der Waals surface area contributed by atoms with Gasteiger partial charge in [0.1, 0.15) is 5.56 Å². The molecule has 3 aromatic rings. The van der Waals surface area contributed by atoms with E-state index in [1.165, 1.54) is 10.8 Å². The predicted octanol–water partition coefficient (Wildman–Crippen LogP) is 3.64. The Morgan fingerprint density at radius 2 is 2.17 bits per heavy atom. The Kier molecular flexibility index (Phi) is 6.26. The van der Waals surface area contributed by atoms with Gasteiger partial charge in [-0.3, -0.25) is 24.2 Å². The number of nitrogens with zero attached hydrogens (tertiary/aromatic N) is 3. The van der Waals surface area contributed by atoms with E-state index in [1.807, 2.05) is 13.1 Å². The van der Waals surface area contributed by atoms with Gasteiger partial charge in [-0.05, 0) is 49.4 Å². The van der Waals surface area contributed by atoms with Crippen LogP contribution in [0, 0.1) is 4.77 Å². The number of fused-ring (bicyclic) bond motifs is 2. The number of ether oxygens (including phenoxy) is 3. The molecule has 11 heteroatoms. The summed E-state index contributed by atoms with van der Waals surface area (Å²) in [5.74, 6) is 1.56. The largest absolute Gasteiger partial charge is 0.494 e. The van der Waals surface area contributed by atoms with E-state index >= 15 is 0 Å². The lowest BCUT2D eigenvalue weighted by molar-refractivity contribution is 0.170. The highest BCUT2D eigenvalue weighted by Gasteiger charge is 2.33. The highest BCUT2D eigenvalue weighted by Crippen LogP contribution is 2.49. The quantitative estimate of drug-likeness (QED) is 0.396. The van der Waals surface area contributed by atoms with Crippen LogP contribution in [-0.4, -0.2) is 59.8 Å². The van der Waals surface area contributed by atoms with E-state index in [2.05, 4.69) is 14.9 Å². The fraction of sp³-hybridized carbons (Fsp3) is 0.292. The van der Waals surface area contributed by atoms with Crippen LogP contribution >= 0.6 is 23.8 Å². The van der Waals surface area contributed by atoms with Gasteiger partial charge in [0.05, 0.1) is 30.4 Å². The van der Waals surface area contributed by atoms with Crippen molar-refractivity contribution in [3.8, 4) is 28.8 Å². The van der Waals surface area contributed by atoms with Gasteiger partial charge in [-0.1, -0.05) is 23.7 Å². The highest BCUT2D eigenvalue weighted by atomic mass is 35.5. The Morgan fingerprint density at radius 3 is 2.94 bits per heavy atom. The first kappa shape index (κ1) is 23.4. The molecule has 0 bridgehead atoms. The molecule has 2 aromatic carbocycles. The van der Waals surface area contributed by atoms with Gasteiger partial charge in [-0.25, -0.2) is 0 Å². The van der Waals surface area contributed by atoms with Crippen molar-refractivity contribution in [3.05, 3.63) is 67.2 Å². The van der Waals surface area contributed by atoms with Gasteiger partial charge in [0.2, 0.25) is 18.4 Å². The van der Waals surface area contributed by atoms with Crippen molar-refractivity contribution in [3.63, 3.8) is 0 Å². The molecule has 2 N–H and O–H groups in total. The van der Waals surface area contributed by atoms with Crippen LogP contribution in [0.3, 0.4) is 0 Å². The number of aliphatic imine (C=N–C) groups is 1. The van der Waals surface area contributed by atoms with Crippen LogP contribution < -0.4 is 19.8 Å². The normalized spacial score (nSPS) is 17.1. The third kappa shape index (κ3) is 4.07. The number of hydrogen-bond acceptors (Lipinski definition) is 8. The molecule has 2 aliphatic heterocycles. The molecule has 0 saturated heterocycles. The van der Waals surface area contributed by atoms with Crippen molar-refractivity contribution in [1.82, 2.24) is 14.5 Å². The number of aromatic amines is 1. The fourth-order valence-corrected chi connectivity index (χ4v) is 5.01. The van der Waals surface area contributed by atoms with E-state index in [0.717, 1.165) is 24.1 Å². The summed E-state index contributed by atoms with van der Waals surface area (Å²) >= 11 is 11.6. The minimum Gasteiger partial charge on any atom is -0.494 e. The average molecular weight is 515 g/mol. The molecule has 3 heterocycles. The summed E-state index contributed by atoms with van der Waals surface area (Å²) in [7, 11) is 3.61. The van der Waals surface area contributed by atoms with Gasteiger partial charge in [0.15, 0.2) is 16.3 Å². The lowest BCUT2D eigenvalue weighted by Crippen LogP contribution is -2.34. The zero-order valence-electron chi connectivity index (χ0n) is 19.1. The first-order valence-electron chi connectivity index (χ1n) is 10.9. The number of hydrogen-bond donors (Lipinski definition) is 2. The Balaban J connectivity index is 1.52. The maximum atomic E-state index is 12.6. The molecule has 9 nitrogen and oxygen atoms in total. The third-order valence-electron chi connectivity index (χ3n) is 6.26. The summed E-state index contributed by atoms with van der Waals surface area (Å²) in [6.45, 7) is 1.29. The second kappa shape index (κ2) is 9.37. The predicted molar refractivity (Wildman–Crippen MR) is 135 cm³/mol. The fourth-order valence-electron chi connectivity index (χ4n) is 4.51. The SMILES string of the molecule is COc1c2c(cc3c1[C@@H](CN=Cc1c(O)n(-c4ccccc4Cl)c(=S)[nH]c1=O)N(C)CC3)OCO2. The van der Waals surface area contributed by atoms with Gasteiger partial charge < -0.3 is 19.3 Å². The van der Waals surface area contributed by atoms with E-state index in [-0.39, 0.29) is 29.0 Å². The number of methoxy groups -OCH3 is 1. The minimum atomic E-state index is -0.544. The topological polar surface area (TPSA) is 101 Å². The highest BCUT2D eigenvalue weighted by molar-refractivity contribution is 7.71. The number of aromatic hydroxyl groups is 1. The smallest absolute Gasteiger partial charge is 0.264 e. The number of likely N-dealkylation sites (N-methyl/N-ethyl adjacent to an activating group) is 1. The van der Waals surface area contributed by atoms with Crippen LogP contribution in [0.1, 0.15) is 22.7 Å². The van der Waals surface area contributed by atoms with E-state index < -0.39 is 5.56 Å². The van der Waals surface area contributed by atoms with E-state index in [9.17, 15) is 9.90 Å². The number of nitrogens with one attached hydrogen (secondary N) is 1. The molecule has 5 rings (SSSR count). The lowest BCUT2D eigenvalue weighted by Gasteiger charge is -2.35. The number of para-hydroxylation sites is 1. The summed E-state index contributed by atoms with van der Waals surface area (Å²) in [5, 5.41) is 11.3. The molecule has 0 unspecified atom stereocenters. The summed E-state index contributed by atoms with van der Waals surface area (Å²) in [4.78, 5) is 21.9. The van der Waals surface area contributed by atoms with Crippen LogP contribution in [0.5, 0.6) is 23.1 Å². The standard InChI is InChI=1S/C24H23ClN4O5S/c1-28-8-7-13-9-18-20(34-12-33-18)21(32-2)19(13)17(28)11-26-10-14-22(30)27-24(35)29(23(14)31)16-6-4-3-5-15(16)25/h3-6,9-10,17,31H,7-8,11-12H2,1-2H3,(H,27,30,35)/t17-/m1/s1. The molecule has 0 amide bonds. The summed E-state index contributed by atoms with van der Waals surface area (Å²) < 4.78 is 18.3. The number of aromatic nitrogens is 2. The minimum absolute atomic E-state index is 0.0187. The second-order valence-electron chi connectivity index (χ2n) is 8.24. The first-order valence-corrected chi connectivity index (χ1v) is 11.7. The van der Waals surface area contributed by atoms with Crippen LogP contribution in [0.2, 0.25) is 5.02 Å². The average Bonchev–Trinajstić information content (AvgIpc) is 3.30. The zero-order valence-corrected chi connectivity index (χ0v) is 20.7. The molecular weight excluding hydrogens is 492 g/mol. The molecule has 1 atom stereocenters. The van der Waals surface area contributed by atoms with Crippen molar-refractivity contribution >= 4 is 30.0 Å².